The SMILES string of the molecule is O=c1nc2n(c3ccccc13)CC/C2=C/c1cc(Br)ccc1O. The van der Waals surface area contributed by atoms with Crippen molar-refractivity contribution in [2.75, 3.05) is 0 Å². The highest BCUT2D eigenvalue weighted by Crippen LogP contribution is 2.32. The molecule has 0 saturated carbocycles. The van der Waals surface area contributed by atoms with E-state index >= 15 is 0 Å². The van der Waals surface area contributed by atoms with Crippen LogP contribution in [0, 0.1) is 0 Å². The molecule has 1 N–H and O–H groups in total. The molecule has 0 amide bonds. The van der Waals surface area contributed by atoms with Crippen molar-refractivity contribution in [3.8, 4) is 5.75 Å². The lowest BCUT2D eigenvalue weighted by Crippen LogP contribution is -2.14. The van der Waals surface area contributed by atoms with E-state index in [2.05, 4.69) is 25.5 Å². The predicted octanol–water partition coefficient (Wildman–Crippen LogP) is 3.81. The van der Waals surface area contributed by atoms with E-state index in [4.69, 9.17) is 0 Å². The van der Waals surface area contributed by atoms with Gasteiger partial charge in [0.15, 0.2) is 0 Å². The fourth-order valence-electron chi connectivity index (χ4n) is 3.00. The van der Waals surface area contributed by atoms with Crippen LogP contribution in [-0.2, 0) is 6.54 Å². The molecule has 0 unspecified atom stereocenters. The number of hydrogen-bond donors (Lipinski definition) is 1. The van der Waals surface area contributed by atoms with Crippen molar-refractivity contribution in [3.63, 3.8) is 0 Å². The fraction of sp³-hybridized carbons (Fsp3) is 0.111. The molecule has 1 aromatic heterocycles. The van der Waals surface area contributed by atoms with Crippen LogP contribution in [0.2, 0.25) is 0 Å². The van der Waals surface area contributed by atoms with Crippen LogP contribution in [0.25, 0.3) is 22.6 Å². The van der Waals surface area contributed by atoms with Crippen LogP contribution >= 0.6 is 15.9 Å². The average molecular weight is 369 g/mol. The number of hydrogen-bond acceptors (Lipinski definition) is 3. The number of rotatable bonds is 1. The molecule has 0 fully saturated rings. The van der Waals surface area contributed by atoms with Crippen LogP contribution in [0.5, 0.6) is 5.75 Å². The predicted molar refractivity (Wildman–Crippen MR) is 94.3 cm³/mol. The summed E-state index contributed by atoms with van der Waals surface area (Å²) in [5, 5.41) is 10.7. The molecule has 0 saturated heterocycles. The number of aryl methyl sites for hydroxylation is 1. The molecule has 0 radical (unpaired) electrons. The Hall–Kier alpha value is -2.40. The first-order valence-corrected chi connectivity index (χ1v) is 8.12. The van der Waals surface area contributed by atoms with Crippen LogP contribution in [0.1, 0.15) is 17.8 Å². The topological polar surface area (TPSA) is 55.1 Å². The summed E-state index contributed by atoms with van der Waals surface area (Å²) in [7, 11) is 0. The average Bonchev–Trinajstić information content (AvgIpc) is 2.94. The summed E-state index contributed by atoms with van der Waals surface area (Å²) in [5.41, 5.74) is 2.37. The van der Waals surface area contributed by atoms with Crippen LogP contribution < -0.4 is 5.56 Å². The van der Waals surface area contributed by atoms with E-state index in [0.29, 0.717) is 16.8 Å². The van der Waals surface area contributed by atoms with Crippen molar-refractivity contribution in [2.45, 2.75) is 13.0 Å². The van der Waals surface area contributed by atoms with Gasteiger partial charge < -0.3 is 9.67 Å². The standard InChI is InChI=1S/C18H13BrN2O2/c19-13-5-6-16(22)12(10-13)9-11-7-8-21-15-4-2-1-3-14(15)18(23)20-17(11)21/h1-6,9-10,22H,7-8H2/b11-9-. The molecule has 2 aromatic carbocycles. The zero-order valence-corrected chi connectivity index (χ0v) is 13.7. The molecule has 1 aliphatic rings. The second kappa shape index (κ2) is 5.35. The summed E-state index contributed by atoms with van der Waals surface area (Å²) in [4.78, 5) is 16.5. The van der Waals surface area contributed by atoms with E-state index in [1.165, 1.54) is 0 Å². The second-order valence-electron chi connectivity index (χ2n) is 5.53. The molecule has 5 heteroatoms. The zero-order valence-electron chi connectivity index (χ0n) is 12.2. The Balaban J connectivity index is 1.93. The van der Waals surface area contributed by atoms with Crippen LogP contribution in [-0.4, -0.2) is 14.7 Å². The van der Waals surface area contributed by atoms with Crippen LogP contribution in [0.4, 0.5) is 0 Å². The monoisotopic (exact) mass is 368 g/mol. The van der Waals surface area contributed by atoms with Crippen molar-refractivity contribution < 1.29 is 5.11 Å². The summed E-state index contributed by atoms with van der Waals surface area (Å²) >= 11 is 3.41. The number of fused-ring (bicyclic) bond motifs is 3. The number of nitrogens with zero attached hydrogens (tertiary/aromatic N) is 2. The van der Waals surface area contributed by atoms with Gasteiger partial charge in [-0.1, -0.05) is 28.1 Å². The zero-order chi connectivity index (χ0) is 16.0. The van der Waals surface area contributed by atoms with Gasteiger partial charge in [-0.25, -0.2) is 0 Å². The van der Waals surface area contributed by atoms with Gasteiger partial charge in [-0.15, -0.1) is 0 Å². The maximum atomic E-state index is 12.2. The molecule has 23 heavy (non-hydrogen) atoms. The van der Waals surface area contributed by atoms with E-state index in [0.717, 1.165) is 28.5 Å². The van der Waals surface area contributed by atoms with Gasteiger partial charge in [0.1, 0.15) is 11.6 Å². The van der Waals surface area contributed by atoms with Gasteiger partial charge in [0.2, 0.25) is 0 Å². The largest absolute Gasteiger partial charge is 0.507 e. The highest BCUT2D eigenvalue weighted by atomic mass is 79.9. The Bertz CT molecular complexity index is 1020. The number of para-hydroxylation sites is 1. The first-order chi connectivity index (χ1) is 11.1. The van der Waals surface area contributed by atoms with E-state index in [1.807, 2.05) is 30.3 Å². The number of benzene rings is 2. The molecule has 0 atom stereocenters. The summed E-state index contributed by atoms with van der Waals surface area (Å²) in [5.74, 6) is 0.898. The highest BCUT2D eigenvalue weighted by molar-refractivity contribution is 9.10. The summed E-state index contributed by atoms with van der Waals surface area (Å²) in [6.07, 6.45) is 2.69. The molecule has 4 rings (SSSR count). The molecule has 0 aliphatic carbocycles. The third kappa shape index (κ3) is 2.37. The molecule has 114 valence electrons. The maximum Gasteiger partial charge on any atom is 0.281 e. The number of phenols is 1. The molecular weight excluding hydrogens is 356 g/mol. The Morgan fingerprint density at radius 2 is 2.04 bits per heavy atom. The summed E-state index contributed by atoms with van der Waals surface area (Å²) in [6, 6.07) is 12.8. The first kappa shape index (κ1) is 14.2. The van der Waals surface area contributed by atoms with E-state index in [9.17, 15) is 9.90 Å². The summed E-state index contributed by atoms with van der Waals surface area (Å²) < 4.78 is 2.96. The second-order valence-corrected chi connectivity index (χ2v) is 6.45. The summed E-state index contributed by atoms with van der Waals surface area (Å²) in [6.45, 7) is 0.781. The Morgan fingerprint density at radius 3 is 2.91 bits per heavy atom. The van der Waals surface area contributed by atoms with Crippen LogP contribution in [0.3, 0.4) is 0 Å². The van der Waals surface area contributed by atoms with Gasteiger partial charge >= 0.3 is 0 Å². The number of halogens is 1. The Kier molecular flexibility index (Phi) is 3.31. The molecule has 1 aliphatic heterocycles. The van der Waals surface area contributed by atoms with Gasteiger partial charge in [0.25, 0.3) is 5.56 Å². The first-order valence-electron chi connectivity index (χ1n) is 7.32. The number of aromatic nitrogens is 2. The van der Waals surface area contributed by atoms with Gasteiger partial charge in [0, 0.05) is 16.6 Å². The van der Waals surface area contributed by atoms with E-state index < -0.39 is 0 Å². The van der Waals surface area contributed by atoms with Gasteiger partial charge in [-0.2, -0.15) is 4.98 Å². The molecule has 2 heterocycles. The Labute approximate surface area is 140 Å². The molecule has 3 aromatic rings. The van der Waals surface area contributed by atoms with Crippen molar-refractivity contribution in [3.05, 3.63) is 68.7 Å². The Morgan fingerprint density at radius 1 is 1.22 bits per heavy atom. The lowest BCUT2D eigenvalue weighted by Gasteiger charge is -2.07. The van der Waals surface area contributed by atoms with Gasteiger partial charge in [0.05, 0.1) is 10.9 Å². The quantitative estimate of drug-likeness (QED) is 0.710. The van der Waals surface area contributed by atoms with Gasteiger partial charge in [-0.3, -0.25) is 4.79 Å². The van der Waals surface area contributed by atoms with Crippen LogP contribution in [0.15, 0.2) is 51.7 Å². The van der Waals surface area contributed by atoms with Crippen molar-refractivity contribution in [1.82, 2.24) is 9.55 Å². The third-order valence-corrected chi connectivity index (χ3v) is 4.59. The fourth-order valence-corrected chi connectivity index (χ4v) is 3.38. The number of phenolic OH excluding ortho intramolecular Hbond substituents is 1. The maximum absolute atomic E-state index is 12.2. The van der Waals surface area contributed by atoms with Crippen molar-refractivity contribution in [2.24, 2.45) is 0 Å². The molecule has 4 nitrogen and oxygen atoms in total. The minimum atomic E-state index is -0.210. The molecule has 0 bridgehead atoms. The lowest BCUT2D eigenvalue weighted by molar-refractivity contribution is 0.474. The third-order valence-electron chi connectivity index (χ3n) is 4.10. The minimum absolute atomic E-state index is 0.210. The highest BCUT2D eigenvalue weighted by Gasteiger charge is 2.20. The normalized spacial score (nSPS) is 15.3. The van der Waals surface area contributed by atoms with Crippen molar-refractivity contribution in [1.29, 1.82) is 0 Å². The molecule has 0 spiro atoms. The number of allylic oxidation sites excluding steroid dienone is 1. The van der Waals surface area contributed by atoms with E-state index in [1.54, 1.807) is 18.2 Å². The van der Waals surface area contributed by atoms with E-state index in [-0.39, 0.29) is 11.3 Å². The minimum Gasteiger partial charge on any atom is -0.507 e. The van der Waals surface area contributed by atoms with Crippen molar-refractivity contribution >= 4 is 38.5 Å². The smallest absolute Gasteiger partial charge is 0.281 e. The molecular formula is C18H13BrN2O2. The number of aromatic hydroxyl groups is 1. The lowest BCUT2D eigenvalue weighted by atomic mass is 10.1. The van der Waals surface area contributed by atoms with Gasteiger partial charge in [-0.05, 0) is 48.4 Å².